The van der Waals surface area contributed by atoms with E-state index in [1.807, 2.05) is 6.92 Å². The van der Waals surface area contributed by atoms with Crippen LogP contribution in [0.5, 0.6) is 0 Å². The number of nitrogens with one attached hydrogen (secondary N) is 1. The largest absolute Gasteiger partial charge is 0.378 e. The number of sulfone groups is 1. The first-order chi connectivity index (χ1) is 18.7. The van der Waals surface area contributed by atoms with Crippen molar-refractivity contribution in [2.45, 2.75) is 49.3 Å². The Morgan fingerprint density at radius 1 is 1.15 bits per heavy atom. The Morgan fingerprint density at radius 2 is 1.90 bits per heavy atom. The highest BCUT2D eigenvalue weighted by Gasteiger charge is 2.37. The topological polar surface area (TPSA) is 136 Å². The lowest BCUT2D eigenvalue weighted by atomic mass is 10.2. The summed E-state index contributed by atoms with van der Waals surface area (Å²) >= 11 is 6.18. The van der Waals surface area contributed by atoms with Crippen LogP contribution in [-0.2, 0) is 21.0 Å². The molecule has 1 aliphatic heterocycles. The fourth-order valence-corrected chi connectivity index (χ4v) is 6.35. The van der Waals surface area contributed by atoms with Gasteiger partial charge in [-0.25, -0.2) is 18.4 Å². The number of hydrogen-bond donors (Lipinski definition) is 1. The van der Waals surface area contributed by atoms with Crippen LogP contribution in [0.15, 0.2) is 41.4 Å². The molecule has 1 atom stereocenters. The number of nitrogens with zero attached hydrogens (tertiary/aromatic N) is 5. The SMILES string of the molecule is CCc1nc(C(C)NC(=O)c2cc(Cl)cc(S(=O)(=O)C3CC3)c2)n(-c2ccc(C(=O)N3CCOCC3)cn2)n1. The van der Waals surface area contributed by atoms with Crippen molar-refractivity contribution in [2.24, 2.45) is 0 Å². The van der Waals surface area contributed by atoms with Gasteiger partial charge in [0.2, 0.25) is 0 Å². The van der Waals surface area contributed by atoms with Crippen molar-refractivity contribution >= 4 is 33.3 Å². The number of carbonyl (C=O) groups is 2. The van der Waals surface area contributed by atoms with Gasteiger partial charge in [-0.05, 0) is 50.1 Å². The average molecular weight is 573 g/mol. The molecule has 2 aliphatic rings. The highest BCUT2D eigenvalue weighted by Crippen LogP contribution is 2.34. The first-order valence-corrected chi connectivity index (χ1v) is 14.7. The van der Waals surface area contributed by atoms with Gasteiger partial charge in [-0.1, -0.05) is 18.5 Å². The van der Waals surface area contributed by atoms with E-state index in [1.54, 1.807) is 24.0 Å². The first-order valence-electron chi connectivity index (χ1n) is 12.8. The van der Waals surface area contributed by atoms with Gasteiger partial charge in [-0.3, -0.25) is 9.59 Å². The number of aryl methyl sites for hydroxylation is 1. The number of ether oxygens (including phenoxy) is 1. The summed E-state index contributed by atoms with van der Waals surface area (Å²) in [5, 5.41) is 7.15. The predicted molar refractivity (Wildman–Crippen MR) is 143 cm³/mol. The van der Waals surface area contributed by atoms with Gasteiger partial charge >= 0.3 is 0 Å². The van der Waals surface area contributed by atoms with Crippen LogP contribution in [0.1, 0.15) is 65.1 Å². The molecule has 3 aromatic rings. The molecule has 2 fully saturated rings. The van der Waals surface area contributed by atoms with Crippen LogP contribution in [0, 0.1) is 0 Å². The summed E-state index contributed by atoms with van der Waals surface area (Å²) < 4.78 is 32.3. The number of benzene rings is 1. The molecule has 0 radical (unpaired) electrons. The summed E-state index contributed by atoms with van der Waals surface area (Å²) in [7, 11) is -3.52. The van der Waals surface area contributed by atoms with Crippen LogP contribution in [0.4, 0.5) is 0 Å². The van der Waals surface area contributed by atoms with Crippen molar-refractivity contribution in [1.29, 1.82) is 0 Å². The highest BCUT2D eigenvalue weighted by atomic mass is 35.5. The summed E-state index contributed by atoms with van der Waals surface area (Å²) in [6.45, 7) is 5.75. The number of hydrogen-bond acceptors (Lipinski definition) is 8. The minimum absolute atomic E-state index is 0.0441. The lowest BCUT2D eigenvalue weighted by Crippen LogP contribution is -2.40. The van der Waals surface area contributed by atoms with Crippen LogP contribution in [0.2, 0.25) is 5.02 Å². The molecule has 1 aromatic carbocycles. The molecule has 2 aromatic heterocycles. The monoisotopic (exact) mass is 572 g/mol. The summed E-state index contributed by atoms with van der Waals surface area (Å²) in [5.41, 5.74) is 0.594. The third-order valence-electron chi connectivity index (χ3n) is 6.66. The Morgan fingerprint density at radius 3 is 2.54 bits per heavy atom. The summed E-state index contributed by atoms with van der Waals surface area (Å²) in [6.07, 6.45) is 3.28. The molecule has 0 bridgehead atoms. The molecule has 3 heterocycles. The van der Waals surface area contributed by atoms with Gasteiger partial charge in [0, 0.05) is 36.3 Å². The molecule has 5 rings (SSSR count). The quantitative estimate of drug-likeness (QED) is 0.435. The predicted octanol–water partition coefficient (Wildman–Crippen LogP) is 2.78. The van der Waals surface area contributed by atoms with Gasteiger partial charge < -0.3 is 15.0 Å². The molecular formula is C26H29ClN6O5S. The molecule has 1 unspecified atom stereocenters. The Labute approximate surface area is 231 Å². The maximum Gasteiger partial charge on any atom is 0.255 e. The maximum absolute atomic E-state index is 13.2. The standard InChI is InChI=1S/C26H29ClN6O5S/c1-3-22-30-24(33(31-22)23-7-4-17(15-28-23)26(35)32-8-10-38-11-9-32)16(2)29-25(34)18-12-19(27)14-21(13-18)39(36,37)20-5-6-20/h4,7,12-16,20H,3,5-6,8-11H2,1-2H3,(H,29,34). The number of rotatable bonds is 8. The fraction of sp³-hybridized carbons (Fsp3) is 0.423. The lowest BCUT2D eigenvalue weighted by Gasteiger charge is -2.26. The van der Waals surface area contributed by atoms with Crippen LogP contribution in [0.3, 0.4) is 0 Å². The molecule has 1 aliphatic carbocycles. The Bertz CT molecular complexity index is 1500. The lowest BCUT2D eigenvalue weighted by molar-refractivity contribution is 0.0302. The van der Waals surface area contributed by atoms with Crippen LogP contribution < -0.4 is 5.32 Å². The molecule has 39 heavy (non-hydrogen) atoms. The van der Waals surface area contributed by atoms with Crippen molar-refractivity contribution in [3.63, 3.8) is 0 Å². The maximum atomic E-state index is 13.2. The Kier molecular flexibility index (Phi) is 7.70. The van der Waals surface area contributed by atoms with Crippen molar-refractivity contribution < 1.29 is 22.7 Å². The number of halogens is 1. The zero-order valence-electron chi connectivity index (χ0n) is 21.6. The van der Waals surface area contributed by atoms with Crippen LogP contribution in [-0.4, -0.2) is 76.4 Å². The second kappa shape index (κ2) is 11.0. The van der Waals surface area contributed by atoms with Crippen molar-refractivity contribution in [2.75, 3.05) is 26.3 Å². The van der Waals surface area contributed by atoms with Crippen LogP contribution in [0.25, 0.3) is 5.82 Å². The average Bonchev–Trinajstić information content (AvgIpc) is 3.72. The van der Waals surface area contributed by atoms with Gasteiger partial charge in [-0.15, -0.1) is 5.10 Å². The van der Waals surface area contributed by atoms with Gasteiger partial charge in [0.25, 0.3) is 11.8 Å². The van der Waals surface area contributed by atoms with E-state index in [-0.39, 0.29) is 21.4 Å². The van der Waals surface area contributed by atoms with Gasteiger partial charge in [0.15, 0.2) is 27.3 Å². The molecule has 1 saturated heterocycles. The normalized spacial score (nSPS) is 16.6. The van der Waals surface area contributed by atoms with Crippen molar-refractivity contribution in [3.05, 3.63) is 64.3 Å². The van der Waals surface area contributed by atoms with E-state index < -0.39 is 27.0 Å². The Hall–Kier alpha value is -3.35. The smallest absolute Gasteiger partial charge is 0.255 e. The highest BCUT2D eigenvalue weighted by molar-refractivity contribution is 7.92. The number of carbonyl (C=O) groups excluding carboxylic acids is 2. The molecule has 0 spiro atoms. The van der Waals surface area contributed by atoms with Gasteiger partial charge in [-0.2, -0.15) is 4.68 Å². The number of aromatic nitrogens is 4. The van der Waals surface area contributed by atoms with E-state index >= 15 is 0 Å². The summed E-state index contributed by atoms with van der Waals surface area (Å²) in [6, 6.07) is 6.93. The molecule has 206 valence electrons. The molecular weight excluding hydrogens is 544 g/mol. The van der Waals surface area contributed by atoms with E-state index in [4.69, 9.17) is 16.3 Å². The molecule has 2 amide bonds. The second-order valence-corrected chi connectivity index (χ2v) is 12.2. The minimum atomic E-state index is -3.52. The Balaban J connectivity index is 1.36. The van der Waals surface area contributed by atoms with Gasteiger partial charge in [0.05, 0.1) is 35.0 Å². The van der Waals surface area contributed by atoms with Crippen LogP contribution >= 0.6 is 11.6 Å². The number of morpholine rings is 1. The molecule has 1 saturated carbocycles. The molecule has 11 nitrogen and oxygen atoms in total. The summed E-state index contributed by atoms with van der Waals surface area (Å²) in [5.74, 6) is 0.826. The number of amides is 2. The van der Waals surface area contributed by atoms with E-state index in [1.165, 1.54) is 29.1 Å². The van der Waals surface area contributed by atoms with E-state index in [0.717, 1.165) is 0 Å². The first kappa shape index (κ1) is 27.2. The zero-order chi connectivity index (χ0) is 27.7. The fourth-order valence-electron chi connectivity index (χ4n) is 4.33. The van der Waals surface area contributed by atoms with E-state index in [0.29, 0.717) is 68.6 Å². The minimum Gasteiger partial charge on any atom is -0.378 e. The van der Waals surface area contributed by atoms with Gasteiger partial charge in [0.1, 0.15) is 0 Å². The summed E-state index contributed by atoms with van der Waals surface area (Å²) in [4.78, 5) is 36.7. The van der Waals surface area contributed by atoms with E-state index in [9.17, 15) is 18.0 Å². The number of pyridine rings is 1. The third kappa shape index (κ3) is 5.82. The zero-order valence-corrected chi connectivity index (χ0v) is 23.2. The second-order valence-electron chi connectivity index (χ2n) is 9.58. The molecule has 13 heteroatoms. The van der Waals surface area contributed by atoms with Crippen molar-refractivity contribution in [3.8, 4) is 5.82 Å². The van der Waals surface area contributed by atoms with E-state index in [2.05, 4.69) is 20.4 Å². The van der Waals surface area contributed by atoms with Crippen molar-refractivity contribution in [1.82, 2.24) is 30.0 Å². The molecule has 1 N–H and O–H groups in total. The third-order valence-corrected chi connectivity index (χ3v) is 9.12.